The van der Waals surface area contributed by atoms with Crippen molar-refractivity contribution >= 4 is 44.9 Å². The summed E-state index contributed by atoms with van der Waals surface area (Å²) in [4.78, 5) is 12.0. The molecule has 8 heteroatoms. The predicted octanol–water partition coefficient (Wildman–Crippen LogP) is 3.58. The van der Waals surface area contributed by atoms with Crippen molar-refractivity contribution < 1.29 is 17.9 Å². The molecule has 0 saturated heterocycles. The van der Waals surface area contributed by atoms with E-state index in [1.807, 2.05) is 0 Å². The predicted molar refractivity (Wildman–Crippen MR) is 86.3 cm³/mol. The molecule has 0 aromatic heterocycles. The minimum Gasteiger partial charge on any atom is -0.423 e. The Morgan fingerprint density at radius 1 is 1.05 bits per heavy atom. The highest BCUT2D eigenvalue weighted by Crippen LogP contribution is 2.25. The highest BCUT2D eigenvalue weighted by atomic mass is 35.5. The van der Waals surface area contributed by atoms with Gasteiger partial charge in [-0.05, 0) is 42.5 Å². The lowest BCUT2D eigenvalue weighted by atomic mass is 10.2. The molecule has 22 heavy (non-hydrogen) atoms. The van der Waals surface area contributed by atoms with Crippen molar-refractivity contribution in [2.45, 2.75) is 0 Å². The zero-order valence-electron chi connectivity index (χ0n) is 11.3. The van der Waals surface area contributed by atoms with Gasteiger partial charge >= 0.3 is 5.97 Å². The summed E-state index contributed by atoms with van der Waals surface area (Å²) in [7, 11) is -3.36. The third kappa shape index (κ3) is 4.91. The molecule has 0 bridgehead atoms. The standard InChI is InChI=1S/C14H11Cl2NO4S/c1-22(19,20)17-12-4-2-9(3-5-12)14(18)21-13-7-10(15)6-11(16)8-13/h2-8,17H,1H3. The van der Waals surface area contributed by atoms with Gasteiger partial charge in [-0.3, -0.25) is 4.72 Å². The average Bonchev–Trinajstić information content (AvgIpc) is 2.36. The topological polar surface area (TPSA) is 72.5 Å². The zero-order chi connectivity index (χ0) is 16.3. The SMILES string of the molecule is CS(=O)(=O)Nc1ccc(C(=O)Oc2cc(Cl)cc(Cl)c2)cc1. The van der Waals surface area contributed by atoms with Crippen molar-refractivity contribution in [2.75, 3.05) is 11.0 Å². The van der Waals surface area contributed by atoms with Gasteiger partial charge in [-0.1, -0.05) is 23.2 Å². The van der Waals surface area contributed by atoms with Crippen LogP contribution in [0.5, 0.6) is 5.75 Å². The number of ether oxygens (including phenoxy) is 1. The maximum Gasteiger partial charge on any atom is 0.343 e. The Balaban J connectivity index is 2.13. The maximum atomic E-state index is 12.0. The van der Waals surface area contributed by atoms with E-state index in [2.05, 4.69) is 4.72 Å². The molecule has 0 atom stereocenters. The Morgan fingerprint density at radius 2 is 1.59 bits per heavy atom. The van der Waals surface area contributed by atoms with Crippen LogP contribution in [0.3, 0.4) is 0 Å². The van der Waals surface area contributed by atoms with Crippen LogP contribution >= 0.6 is 23.2 Å². The summed E-state index contributed by atoms with van der Waals surface area (Å²) in [5, 5.41) is 0.700. The van der Waals surface area contributed by atoms with E-state index >= 15 is 0 Å². The van der Waals surface area contributed by atoms with E-state index in [4.69, 9.17) is 27.9 Å². The van der Waals surface area contributed by atoms with Crippen LogP contribution in [0.1, 0.15) is 10.4 Å². The van der Waals surface area contributed by atoms with Crippen molar-refractivity contribution in [1.82, 2.24) is 0 Å². The number of nitrogens with one attached hydrogen (secondary N) is 1. The second kappa shape index (κ2) is 6.56. The summed E-state index contributed by atoms with van der Waals surface area (Å²) >= 11 is 11.6. The lowest BCUT2D eigenvalue weighted by Crippen LogP contribution is -2.11. The molecule has 2 rings (SSSR count). The number of anilines is 1. The van der Waals surface area contributed by atoms with Crippen LogP contribution in [-0.2, 0) is 10.0 Å². The van der Waals surface area contributed by atoms with Crippen molar-refractivity contribution in [3.8, 4) is 5.75 Å². The van der Waals surface area contributed by atoms with Crippen molar-refractivity contribution in [2.24, 2.45) is 0 Å². The molecule has 1 N–H and O–H groups in total. The first-order chi connectivity index (χ1) is 10.2. The Hall–Kier alpha value is -1.76. The molecule has 0 heterocycles. The number of carbonyl (C=O) groups excluding carboxylic acids is 1. The van der Waals surface area contributed by atoms with Crippen LogP contribution in [0.4, 0.5) is 5.69 Å². The van der Waals surface area contributed by atoms with Crippen molar-refractivity contribution in [1.29, 1.82) is 0 Å². The molecule has 2 aromatic rings. The smallest absolute Gasteiger partial charge is 0.343 e. The van der Waals surface area contributed by atoms with Crippen LogP contribution < -0.4 is 9.46 Å². The first-order valence-corrected chi connectivity index (χ1v) is 8.64. The summed E-state index contributed by atoms with van der Waals surface area (Å²) in [6.07, 6.45) is 1.04. The van der Waals surface area contributed by atoms with E-state index in [0.29, 0.717) is 15.7 Å². The molecule has 0 fully saturated rings. The number of hydrogen-bond acceptors (Lipinski definition) is 4. The van der Waals surface area contributed by atoms with Gasteiger partial charge in [0, 0.05) is 15.7 Å². The maximum absolute atomic E-state index is 12.0. The third-order valence-electron chi connectivity index (χ3n) is 2.47. The zero-order valence-corrected chi connectivity index (χ0v) is 13.7. The molecule has 5 nitrogen and oxygen atoms in total. The van der Waals surface area contributed by atoms with Gasteiger partial charge in [0.1, 0.15) is 5.75 Å². The van der Waals surface area contributed by atoms with Gasteiger partial charge in [0.2, 0.25) is 10.0 Å². The second-order valence-electron chi connectivity index (χ2n) is 4.45. The van der Waals surface area contributed by atoms with Gasteiger partial charge in [0.25, 0.3) is 0 Å². The lowest BCUT2D eigenvalue weighted by molar-refractivity contribution is 0.0735. The Bertz CT molecular complexity index is 784. The average molecular weight is 360 g/mol. The number of carbonyl (C=O) groups is 1. The molecule has 116 valence electrons. The normalized spacial score (nSPS) is 11.0. The minimum atomic E-state index is -3.36. The third-order valence-corrected chi connectivity index (χ3v) is 3.51. The van der Waals surface area contributed by atoms with Crippen LogP contribution in [0, 0.1) is 0 Å². The Kier molecular flexibility index (Phi) is 4.95. The number of sulfonamides is 1. The quantitative estimate of drug-likeness (QED) is 0.668. The molecule has 0 saturated carbocycles. The highest BCUT2D eigenvalue weighted by Gasteiger charge is 2.10. The van der Waals surface area contributed by atoms with E-state index < -0.39 is 16.0 Å². The summed E-state index contributed by atoms with van der Waals surface area (Å²) < 4.78 is 29.6. The fourth-order valence-corrected chi connectivity index (χ4v) is 2.71. The first-order valence-electron chi connectivity index (χ1n) is 5.99. The van der Waals surface area contributed by atoms with E-state index in [0.717, 1.165) is 6.26 Å². The van der Waals surface area contributed by atoms with Gasteiger partial charge in [-0.15, -0.1) is 0 Å². The molecule has 0 spiro atoms. The van der Waals surface area contributed by atoms with Crippen LogP contribution in [0.15, 0.2) is 42.5 Å². The van der Waals surface area contributed by atoms with Crippen LogP contribution in [-0.4, -0.2) is 20.6 Å². The molecule has 0 unspecified atom stereocenters. The molecule has 0 aliphatic rings. The van der Waals surface area contributed by atoms with Crippen LogP contribution in [0.25, 0.3) is 0 Å². The van der Waals surface area contributed by atoms with Gasteiger partial charge in [-0.25, -0.2) is 13.2 Å². The van der Waals surface area contributed by atoms with Gasteiger partial charge in [0.05, 0.1) is 11.8 Å². The molecular weight excluding hydrogens is 349 g/mol. The number of halogens is 2. The van der Waals surface area contributed by atoms with E-state index in [1.54, 1.807) is 0 Å². The van der Waals surface area contributed by atoms with Crippen molar-refractivity contribution in [3.63, 3.8) is 0 Å². The number of rotatable bonds is 4. The summed E-state index contributed by atoms with van der Waals surface area (Å²) in [5.41, 5.74) is 0.611. The molecule has 0 radical (unpaired) electrons. The number of benzene rings is 2. The number of hydrogen-bond donors (Lipinski definition) is 1. The van der Waals surface area contributed by atoms with Gasteiger partial charge in [0.15, 0.2) is 0 Å². The largest absolute Gasteiger partial charge is 0.423 e. The number of esters is 1. The van der Waals surface area contributed by atoms with Gasteiger partial charge < -0.3 is 4.74 Å². The molecule has 2 aromatic carbocycles. The van der Waals surface area contributed by atoms with E-state index in [1.165, 1.54) is 42.5 Å². The molecule has 0 aliphatic heterocycles. The van der Waals surface area contributed by atoms with E-state index in [-0.39, 0.29) is 11.3 Å². The fraction of sp³-hybridized carbons (Fsp3) is 0.0714. The Morgan fingerprint density at radius 3 is 2.09 bits per heavy atom. The van der Waals surface area contributed by atoms with Crippen LogP contribution in [0.2, 0.25) is 10.0 Å². The second-order valence-corrected chi connectivity index (χ2v) is 7.07. The van der Waals surface area contributed by atoms with E-state index in [9.17, 15) is 13.2 Å². The monoisotopic (exact) mass is 359 g/mol. The fourth-order valence-electron chi connectivity index (χ4n) is 1.64. The van der Waals surface area contributed by atoms with Gasteiger partial charge in [-0.2, -0.15) is 0 Å². The Labute approximate surface area is 137 Å². The summed E-state index contributed by atoms with van der Waals surface area (Å²) in [6, 6.07) is 10.3. The summed E-state index contributed by atoms with van der Waals surface area (Å²) in [5.74, 6) is -0.384. The molecule has 0 aliphatic carbocycles. The highest BCUT2D eigenvalue weighted by molar-refractivity contribution is 7.92. The first kappa shape index (κ1) is 16.6. The van der Waals surface area contributed by atoms with Crippen molar-refractivity contribution in [3.05, 3.63) is 58.1 Å². The minimum absolute atomic E-state index is 0.223. The molecular formula is C14H11Cl2NO4S. The molecule has 0 amide bonds. The lowest BCUT2D eigenvalue weighted by Gasteiger charge is -2.07. The summed E-state index contributed by atoms with van der Waals surface area (Å²) in [6.45, 7) is 0.